The molecule has 5 nitrogen and oxygen atoms in total. The molecule has 1 aromatic heterocycles. The van der Waals surface area contributed by atoms with Gasteiger partial charge in [-0.3, -0.25) is 9.59 Å². The van der Waals surface area contributed by atoms with Crippen LogP contribution < -0.4 is 15.5 Å². The maximum absolute atomic E-state index is 13.2. The van der Waals surface area contributed by atoms with Gasteiger partial charge in [0.2, 0.25) is 5.66 Å². The lowest BCUT2D eigenvalue weighted by molar-refractivity contribution is -0.123. The number of benzene rings is 1. The van der Waals surface area contributed by atoms with Gasteiger partial charge in [-0.1, -0.05) is 18.2 Å². The number of thiophene rings is 1. The van der Waals surface area contributed by atoms with Crippen LogP contribution in [-0.2, 0) is 23.3 Å². The van der Waals surface area contributed by atoms with Gasteiger partial charge in [0.25, 0.3) is 11.8 Å². The first-order valence-electron chi connectivity index (χ1n) is 8.82. The van der Waals surface area contributed by atoms with Gasteiger partial charge >= 0.3 is 0 Å². The molecule has 0 bridgehead atoms. The van der Waals surface area contributed by atoms with E-state index < -0.39 is 5.66 Å². The van der Waals surface area contributed by atoms with Gasteiger partial charge in [0.05, 0.1) is 11.3 Å². The second-order valence-electron chi connectivity index (χ2n) is 6.81. The molecule has 3 heterocycles. The van der Waals surface area contributed by atoms with Gasteiger partial charge in [-0.2, -0.15) is 0 Å². The Labute approximate surface area is 150 Å². The van der Waals surface area contributed by atoms with Crippen molar-refractivity contribution in [1.82, 2.24) is 5.32 Å². The van der Waals surface area contributed by atoms with Crippen molar-refractivity contribution in [3.63, 3.8) is 0 Å². The number of likely N-dealkylation sites (N-methyl/N-ethyl adjacent to an activating group) is 1. The second-order valence-corrected chi connectivity index (χ2v) is 7.92. The minimum absolute atomic E-state index is 0.110. The molecular formula is C19H19N3O2S. The van der Waals surface area contributed by atoms with Gasteiger partial charge in [-0.05, 0) is 44.2 Å². The molecule has 1 aromatic carbocycles. The maximum atomic E-state index is 13.2. The smallest absolute Gasteiger partial charge is 0.278 e. The van der Waals surface area contributed by atoms with Crippen LogP contribution in [0.4, 0.5) is 10.7 Å². The predicted molar refractivity (Wildman–Crippen MR) is 98.2 cm³/mol. The topological polar surface area (TPSA) is 61.4 Å². The largest absolute Gasteiger partial charge is 0.342 e. The average molecular weight is 353 g/mol. The highest BCUT2D eigenvalue weighted by molar-refractivity contribution is 7.16. The van der Waals surface area contributed by atoms with E-state index in [4.69, 9.17) is 0 Å². The molecule has 6 heteroatoms. The predicted octanol–water partition coefficient (Wildman–Crippen LogP) is 3.00. The fraction of sp³-hybridized carbons (Fsp3) is 0.368. The lowest BCUT2D eigenvalue weighted by atomic mass is 9.92. The Kier molecular flexibility index (Phi) is 3.04. The van der Waals surface area contributed by atoms with Crippen LogP contribution in [0.5, 0.6) is 0 Å². The molecule has 3 aliphatic rings. The number of carbonyl (C=O) groups is 2. The Morgan fingerprint density at radius 2 is 1.96 bits per heavy atom. The SMILES string of the molecule is CCN1C(=O)C2(NC(=O)c3c(sc4c3CCCC4)N2)c2ccccc21. The zero-order chi connectivity index (χ0) is 17.2. The van der Waals surface area contributed by atoms with E-state index in [0.717, 1.165) is 41.1 Å². The van der Waals surface area contributed by atoms with Crippen LogP contribution in [0.2, 0.25) is 0 Å². The fourth-order valence-corrected chi connectivity index (χ4v) is 5.68. The van der Waals surface area contributed by atoms with Crippen molar-refractivity contribution in [2.75, 3.05) is 16.8 Å². The molecule has 2 amide bonds. The Balaban J connectivity index is 1.68. The van der Waals surface area contributed by atoms with Gasteiger partial charge in [-0.25, -0.2) is 0 Å². The first kappa shape index (κ1) is 15.0. The van der Waals surface area contributed by atoms with Crippen molar-refractivity contribution in [2.24, 2.45) is 0 Å². The van der Waals surface area contributed by atoms with Crippen molar-refractivity contribution in [3.8, 4) is 0 Å². The number of fused-ring (bicyclic) bond motifs is 5. The summed E-state index contributed by atoms with van der Waals surface area (Å²) in [6.07, 6.45) is 4.28. The van der Waals surface area contributed by atoms with E-state index in [1.165, 1.54) is 16.9 Å². The summed E-state index contributed by atoms with van der Waals surface area (Å²) in [6, 6.07) is 7.70. The molecule has 2 N–H and O–H groups in total. The van der Waals surface area contributed by atoms with E-state index >= 15 is 0 Å². The minimum Gasteiger partial charge on any atom is -0.342 e. The number of nitrogens with zero attached hydrogens (tertiary/aromatic N) is 1. The number of carbonyl (C=O) groups excluding carboxylic acids is 2. The molecule has 5 rings (SSSR count). The first-order chi connectivity index (χ1) is 12.2. The third kappa shape index (κ3) is 1.83. The third-order valence-corrected chi connectivity index (χ3v) is 6.69. The normalized spacial score (nSPS) is 23.8. The second kappa shape index (κ2) is 5.08. The van der Waals surface area contributed by atoms with E-state index in [1.54, 1.807) is 16.2 Å². The zero-order valence-corrected chi connectivity index (χ0v) is 14.8. The molecule has 1 unspecified atom stereocenters. The van der Waals surface area contributed by atoms with Crippen molar-refractivity contribution < 1.29 is 9.59 Å². The average Bonchev–Trinajstić information content (AvgIpc) is 3.10. The fourth-order valence-electron chi connectivity index (χ4n) is 4.34. The van der Waals surface area contributed by atoms with Gasteiger partial charge in [0.15, 0.2) is 0 Å². The number of rotatable bonds is 1. The molecule has 128 valence electrons. The summed E-state index contributed by atoms with van der Waals surface area (Å²) in [6.45, 7) is 2.52. The molecule has 2 aromatic rings. The van der Waals surface area contributed by atoms with Crippen LogP contribution in [0.3, 0.4) is 0 Å². The van der Waals surface area contributed by atoms with Crippen LogP contribution in [0.15, 0.2) is 24.3 Å². The summed E-state index contributed by atoms with van der Waals surface area (Å²) in [5, 5.41) is 7.29. The summed E-state index contributed by atoms with van der Waals surface area (Å²) in [4.78, 5) is 29.3. The van der Waals surface area contributed by atoms with Crippen molar-refractivity contribution in [1.29, 1.82) is 0 Å². The van der Waals surface area contributed by atoms with Crippen LogP contribution in [-0.4, -0.2) is 18.4 Å². The molecule has 2 aliphatic heterocycles. The number of aryl methyl sites for hydroxylation is 1. The first-order valence-corrected chi connectivity index (χ1v) is 9.64. The Morgan fingerprint density at radius 3 is 2.80 bits per heavy atom. The van der Waals surface area contributed by atoms with Gasteiger partial charge < -0.3 is 15.5 Å². The maximum Gasteiger partial charge on any atom is 0.278 e. The molecular weight excluding hydrogens is 334 g/mol. The van der Waals surface area contributed by atoms with Gasteiger partial charge in [0.1, 0.15) is 5.00 Å². The number of hydrogen-bond donors (Lipinski definition) is 2. The van der Waals surface area contributed by atoms with Crippen molar-refractivity contribution in [2.45, 2.75) is 38.3 Å². The summed E-state index contributed by atoms with van der Waals surface area (Å²) in [5.74, 6) is -0.240. The van der Waals surface area contributed by atoms with Crippen LogP contribution in [0.1, 0.15) is 46.1 Å². The van der Waals surface area contributed by atoms with Crippen LogP contribution in [0.25, 0.3) is 0 Å². The Bertz CT molecular complexity index is 919. The third-order valence-electron chi connectivity index (χ3n) is 5.48. The lowest BCUT2D eigenvalue weighted by Crippen LogP contribution is -2.60. The zero-order valence-electron chi connectivity index (χ0n) is 14.0. The van der Waals surface area contributed by atoms with Gasteiger partial charge in [-0.15, -0.1) is 11.3 Å². The number of nitrogens with one attached hydrogen (secondary N) is 2. The number of para-hydroxylation sites is 1. The number of amides is 2. The van der Waals surface area contributed by atoms with Crippen molar-refractivity contribution >= 4 is 33.8 Å². The van der Waals surface area contributed by atoms with E-state index in [0.29, 0.717) is 6.54 Å². The number of hydrogen-bond acceptors (Lipinski definition) is 4. The minimum atomic E-state index is -1.18. The molecule has 0 saturated heterocycles. The molecule has 1 aliphatic carbocycles. The molecule has 25 heavy (non-hydrogen) atoms. The highest BCUT2D eigenvalue weighted by atomic mass is 32.1. The molecule has 0 saturated carbocycles. The van der Waals surface area contributed by atoms with Crippen molar-refractivity contribution in [3.05, 3.63) is 45.8 Å². The summed E-state index contributed by atoms with van der Waals surface area (Å²) in [7, 11) is 0. The highest BCUT2D eigenvalue weighted by Crippen LogP contribution is 2.47. The summed E-state index contributed by atoms with van der Waals surface area (Å²) < 4.78 is 0. The van der Waals surface area contributed by atoms with Crippen LogP contribution in [0, 0.1) is 0 Å². The molecule has 1 spiro atoms. The van der Waals surface area contributed by atoms with E-state index in [1.807, 2.05) is 31.2 Å². The number of anilines is 2. The molecule has 0 radical (unpaired) electrons. The lowest BCUT2D eigenvalue weighted by Gasteiger charge is -2.35. The summed E-state index contributed by atoms with van der Waals surface area (Å²) >= 11 is 1.65. The molecule has 0 fully saturated rings. The Hall–Kier alpha value is -2.34. The van der Waals surface area contributed by atoms with Crippen LogP contribution >= 0.6 is 11.3 Å². The molecule has 1 atom stereocenters. The monoisotopic (exact) mass is 353 g/mol. The van der Waals surface area contributed by atoms with Gasteiger partial charge in [0, 0.05) is 17.0 Å². The quantitative estimate of drug-likeness (QED) is 0.828. The summed E-state index contributed by atoms with van der Waals surface area (Å²) in [5.41, 5.74) is 2.45. The van der Waals surface area contributed by atoms with E-state index in [2.05, 4.69) is 10.6 Å². The van der Waals surface area contributed by atoms with E-state index in [9.17, 15) is 9.59 Å². The Morgan fingerprint density at radius 1 is 1.16 bits per heavy atom. The standard InChI is InChI=1S/C19H19N3O2S/c1-2-22-13-9-5-4-8-12(13)19(18(22)24)20-16(23)15-11-7-3-6-10-14(11)25-17(15)21-19/h4-5,8-9,21H,2-3,6-7,10H2,1H3,(H,20,23). The van der Waals surface area contributed by atoms with E-state index in [-0.39, 0.29) is 11.8 Å². The highest BCUT2D eigenvalue weighted by Gasteiger charge is 2.55.